The number of carbonyl (C=O) groups excluding carboxylic acids is 2. The van der Waals surface area contributed by atoms with Crippen molar-refractivity contribution in [2.45, 2.75) is 45.2 Å². The first-order valence-electron chi connectivity index (χ1n) is 8.56. The Morgan fingerprint density at radius 3 is 2.33 bits per heavy atom. The van der Waals surface area contributed by atoms with E-state index in [1.807, 2.05) is 52.8 Å². The van der Waals surface area contributed by atoms with E-state index in [9.17, 15) is 9.59 Å². The van der Waals surface area contributed by atoms with Crippen LogP contribution in [0.15, 0.2) is 23.4 Å². The lowest BCUT2D eigenvalue weighted by Crippen LogP contribution is -2.34. The van der Waals surface area contributed by atoms with Gasteiger partial charge in [-0.1, -0.05) is 50.7 Å². The molecule has 2 aromatic rings. The number of thioether (sulfide) groups is 1. The summed E-state index contributed by atoms with van der Waals surface area (Å²) in [7, 11) is 0. The Morgan fingerprint density at radius 2 is 1.78 bits per heavy atom. The van der Waals surface area contributed by atoms with Crippen LogP contribution in [0.3, 0.4) is 0 Å². The highest BCUT2D eigenvalue weighted by Crippen LogP contribution is 2.23. The average molecular weight is 391 g/mol. The van der Waals surface area contributed by atoms with Gasteiger partial charge in [-0.05, 0) is 25.0 Å². The zero-order chi connectivity index (χ0) is 20.2. The van der Waals surface area contributed by atoms with Crippen LogP contribution in [-0.2, 0) is 15.0 Å². The van der Waals surface area contributed by atoms with Gasteiger partial charge in [-0.15, -0.1) is 10.2 Å². The van der Waals surface area contributed by atoms with Crippen LogP contribution in [0.25, 0.3) is 0 Å². The second kappa shape index (κ2) is 8.43. The Hall–Kier alpha value is -2.55. The van der Waals surface area contributed by atoms with Crippen molar-refractivity contribution in [2.75, 3.05) is 23.5 Å². The van der Waals surface area contributed by atoms with Gasteiger partial charge >= 0.3 is 0 Å². The number of nitrogens with one attached hydrogen (secondary N) is 2. The van der Waals surface area contributed by atoms with Gasteiger partial charge < -0.3 is 16.5 Å². The fourth-order valence-electron chi connectivity index (χ4n) is 2.44. The summed E-state index contributed by atoms with van der Waals surface area (Å²) in [5, 5.41) is 14.0. The Labute approximate surface area is 163 Å². The van der Waals surface area contributed by atoms with Gasteiger partial charge in [0.15, 0.2) is 5.82 Å². The highest BCUT2D eigenvalue weighted by Gasteiger charge is 2.23. The molecule has 0 aliphatic heterocycles. The summed E-state index contributed by atoms with van der Waals surface area (Å²) in [6, 6.07) is 5.78. The third-order valence-electron chi connectivity index (χ3n) is 3.86. The summed E-state index contributed by atoms with van der Waals surface area (Å²) in [6.45, 7) is 9.69. The number of rotatable bonds is 6. The molecule has 1 heterocycles. The van der Waals surface area contributed by atoms with E-state index in [1.165, 1.54) is 16.4 Å². The number of hydrogen-bond acceptors (Lipinski definition) is 6. The molecule has 0 aliphatic carbocycles. The predicted molar refractivity (Wildman–Crippen MR) is 107 cm³/mol. The lowest BCUT2D eigenvalue weighted by Gasteiger charge is -2.16. The number of anilines is 1. The first kappa shape index (κ1) is 20.8. The average Bonchev–Trinajstić information content (AvgIpc) is 2.95. The van der Waals surface area contributed by atoms with Crippen LogP contribution >= 0.6 is 11.8 Å². The lowest BCUT2D eigenvalue weighted by molar-refractivity contribution is -0.122. The molecule has 8 nitrogen and oxygen atoms in total. The van der Waals surface area contributed by atoms with Crippen LogP contribution in [-0.4, -0.2) is 39.0 Å². The third-order valence-corrected chi connectivity index (χ3v) is 4.80. The Balaban J connectivity index is 1.83. The number of para-hydroxylation sites is 1. The SMILES string of the molecule is Cc1cccc(C)c1NC(=O)CNC(=O)CSc1nnc(C(C)(C)C)n1N. The molecule has 0 saturated carbocycles. The standard InChI is InChI=1S/C18H26N6O2S/c1-11-7-6-8-12(2)15(11)21-13(25)9-20-14(26)10-27-17-23-22-16(24(17)19)18(3,4)5/h6-8H,9-10,19H2,1-5H3,(H,20,26)(H,21,25). The molecule has 2 rings (SSSR count). The van der Waals surface area contributed by atoms with E-state index in [0.717, 1.165) is 16.8 Å². The van der Waals surface area contributed by atoms with Crippen molar-refractivity contribution in [1.82, 2.24) is 20.2 Å². The Kier molecular flexibility index (Phi) is 6.48. The number of aromatic nitrogens is 3. The van der Waals surface area contributed by atoms with Crippen molar-refractivity contribution in [3.8, 4) is 0 Å². The molecule has 1 aromatic carbocycles. The van der Waals surface area contributed by atoms with Gasteiger partial charge in [-0.25, -0.2) is 4.68 Å². The smallest absolute Gasteiger partial charge is 0.243 e. The molecule has 0 atom stereocenters. The number of nitrogens with zero attached hydrogens (tertiary/aromatic N) is 3. The Bertz CT molecular complexity index is 821. The normalized spacial score (nSPS) is 11.3. The zero-order valence-electron chi connectivity index (χ0n) is 16.3. The molecular weight excluding hydrogens is 364 g/mol. The van der Waals surface area contributed by atoms with Gasteiger partial charge in [0.05, 0.1) is 12.3 Å². The lowest BCUT2D eigenvalue weighted by atomic mass is 9.96. The summed E-state index contributed by atoms with van der Waals surface area (Å²) in [4.78, 5) is 24.1. The summed E-state index contributed by atoms with van der Waals surface area (Å²) < 4.78 is 1.39. The largest absolute Gasteiger partial charge is 0.346 e. The van der Waals surface area contributed by atoms with Gasteiger partial charge in [-0.2, -0.15) is 0 Å². The number of amides is 2. The van der Waals surface area contributed by atoms with E-state index < -0.39 is 0 Å². The molecule has 0 fully saturated rings. The van der Waals surface area contributed by atoms with E-state index in [2.05, 4.69) is 20.8 Å². The number of benzene rings is 1. The van der Waals surface area contributed by atoms with Crippen LogP contribution < -0.4 is 16.5 Å². The molecule has 27 heavy (non-hydrogen) atoms. The predicted octanol–water partition coefficient (Wildman–Crippen LogP) is 1.75. The second-order valence-electron chi connectivity index (χ2n) is 7.31. The van der Waals surface area contributed by atoms with Gasteiger partial charge in [0.25, 0.3) is 0 Å². The fourth-order valence-corrected chi connectivity index (χ4v) is 3.13. The Morgan fingerprint density at radius 1 is 1.15 bits per heavy atom. The van der Waals surface area contributed by atoms with E-state index in [1.54, 1.807) is 0 Å². The van der Waals surface area contributed by atoms with E-state index in [4.69, 9.17) is 5.84 Å². The van der Waals surface area contributed by atoms with Gasteiger partial charge in [-0.3, -0.25) is 9.59 Å². The van der Waals surface area contributed by atoms with Crippen molar-refractivity contribution in [2.24, 2.45) is 0 Å². The molecule has 2 amide bonds. The van der Waals surface area contributed by atoms with Crippen molar-refractivity contribution >= 4 is 29.3 Å². The van der Waals surface area contributed by atoms with Crippen molar-refractivity contribution in [3.05, 3.63) is 35.2 Å². The fraction of sp³-hybridized carbons (Fsp3) is 0.444. The van der Waals surface area contributed by atoms with Gasteiger partial charge in [0.2, 0.25) is 17.0 Å². The molecule has 0 spiro atoms. The molecular formula is C18H26N6O2S. The number of nitrogen functional groups attached to an aromatic ring is 1. The third kappa shape index (κ3) is 5.46. The molecule has 1 aromatic heterocycles. The summed E-state index contributed by atoms with van der Waals surface area (Å²) >= 11 is 1.17. The first-order chi connectivity index (χ1) is 12.6. The molecule has 0 unspecified atom stereocenters. The molecule has 0 aliphatic rings. The van der Waals surface area contributed by atoms with Crippen LogP contribution in [0.1, 0.15) is 37.7 Å². The number of nitrogens with two attached hydrogens (primary N) is 1. The van der Waals surface area contributed by atoms with Crippen LogP contribution in [0, 0.1) is 13.8 Å². The topological polar surface area (TPSA) is 115 Å². The zero-order valence-corrected chi connectivity index (χ0v) is 17.1. The molecule has 9 heteroatoms. The molecule has 0 bridgehead atoms. The highest BCUT2D eigenvalue weighted by molar-refractivity contribution is 7.99. The minimum atomic E-state index is -0.281. The van der Waals surface area contributed by atoms with Crippen LogP contribution in [0.5, 0.6) is 0 Å². The van der Waals surface area contributed by atoms with Gasteiger partial charge in [0.1, 0.15) is 0 Å². The number of aryl methyl sites for hydroxylation is 2. The quantitative estimate of drug-likeness (QED) is 0.511. The van der Waals surface area contributed by atoms with Crippen molar-refractivity contribution < 1.29 is 9.59 Å². The summed E-state index contributed by atoms with van der Waals surface area (Å²) in [5.74, 6) is 6.16. The molecule has 0 radical (unpaired) electrons. The molecule has 146 valence electrons. The maximum absolute atomic E-state index is 12.1. The van der Waals surface area contributed by atoms with Crippen LogP contribution in [0.2, 0.25) is 0 Å². The maximum Gasteiger partial charge on any atom is 0.243 e. The second-order valence-corrected chi connectivity index (χ2v) is 8.25. The first-order valence-corrected chi connectivity index (χ1v) is 9.54. The summed E-state index contributed by atoms with van der Waals surface area (Å²) in [6.07, 6.45) is 0. The minimum Gasteiger partial charge on any atom is -0.346 e. The monoisotopic (exact) mass is 390 g/mol. The molecule has 0 saturated heterocycles. The summed E-state index contributed by atoms with van der Waals surface area (Å²) in [5.41, 5.74) is 2.48. The number of carbonyl (C=O) groups is 2. The maximum atomic E-state index is 12.1. The van der Waals surface area contributed by atoms with E-state index in [-0.39, 0.29) is 29.5 Å². The van der Waals surface area contributed by atoms with Gasteiger partial charge in [0, 0.05) is 11.1 Å². The highest BCUT2D eigenvalue weighted by atomic mass is 32.2. The van der Waals surface area contributed by atoms with Crippen LogP contribution in [0.4, 0.5) is 5.69 Å². The van der Waals surface area contributed by atoms with Crippen molar-refractivity contribution in [1.29, 1.82) is 0 Å². The van der Waals surface area contributed by atoms with Crippen molar-refractivity contribution in [3.63, 3.8) is 0 Å². The number of hydrogen-bond donors (Lipinski definition) is 3. The molecule has 4 N–H and O–H groups in total. The van der Waals surface area contributed by atoms with E-state index >= 15 is 0 Å². The van der Waals surface area contributed by atoms with E-state index in [0.29, 0.717) is 11.0 Å². The minimum absolute atomic E-state index is 0.0934.